The van der Waals surface area contributed by atoms with Crippen LogP contribution in [-0.2, 0) is 6.54 Å². The number of aromatic nitrogens is 2. The molecular weight excluding hydrogens is 404 g/mol. The second-order valence-electron chi connectivity index (χ2n) is 8.04. The molecule has 3 aromatic carbocycles. The summed E-state index contributed by atoms with van der Waals surface area (Å²) in [5, 5.41) is 0.735. The molecule has 0 unspecified atom stereocenters. The zero-order valence-corrected chi connectivity index (χ0v) is 18.9. The molecule has 3 nitrogen and oxygen atoms in total. The van der Waals surface area contributed by atoms with Crippen molar-refractivity contribution in [3.63, 3.8) is 0 Å². The fourth-order valence-corrected chi connectivity index (χ4v) is 3.82. The first-order valence-corrected chi connectivity index (χ1v) is 11.0. The fraction of sp³-hybridized carbons (Fsp3) is 0.222. The van der Waals surface area contributed by atoms with Gasteiger partial charge >= 0.3 is 0 Å². The number of fused-ring (bicyclic) bond motifs is 1. The minimum atomic E-state index is 0.419. The van der Waals surface area contributed by atoms with Crippen molar-refractivity contribution in [3.05, 3.63) is 94.3 Å². The van der Waals surface area contributed by atoms with Gasteiger partial charge in [-0.15, -0.1) is 0 Å². The van der Waals surface area contributed by atoms with Crippen molar-refractivity contribution in [1.29, 1.82) is 0 Å². The molecular formula is C27H27ClN2O. The smallest absolute Gasteiger partial charge is 0.133 e. The Balaban J connectivity index is 1.58. The molecule has 0 saturated carbocycles. The van der Waals surface area contributed by atoms with Crippen LogP contribution in [0, 0.1) is 6.92 Å². The molecule has 0 aliphatic carbocycles. The standard InChI is InChI=1S/C27H27ClN2O/c1-19(2)23-14-8-20(3)18-26(23)31-17-16-30-25-7-5-4-6-24(25)29-27(30)15-11-21-9-12-22(28)13-10-21/h4-15,18-19H,16-17H2,1-3H3/b15-11+. The quantitative estimate of drug-likeness (QED) is 0.306. The Morgan fingerprint density at radius 1 is 1.00 bits per heavy atom. The number of para-hydroxylation sites is 2. The predicted molar refractivity (Wildman–Crippen MR) is 131 cm³/mol. The summed E-state index contributed by atoms with van der Waals surface area (Å²) in [6.07, 6.45) is 4.11. The molecule has 4 rings (SSSR count). The summed E-state index contributed by atoms with van der Waals surface area (Å²) in [5.41, 5.74) is 5.62. The van der Waals surface area contributed by atoms with Gasteiger partial charge in [0.15, 0.2) is 0 Å². The second kappa shape index (κ2) is 9.40. The minimum Gasteiger partial charge on any atom is -0.491 e. The van der Waals surface area contributed by atoms with E-state index in [1.807, 2.05) is 42.5 Å². The lowest BCUT2D eigenvalue weighted by atomic mass is 10.0. The van der Waals surface area contributed by atoms with Gasteiger partial charge < -0.3 is 9.30 Å². The number of halogens is 1. The molecule has 0 fully saturated rings. The van der Waals surface area contributed by atoms with Gasteiger partial charge in [-0.25, -0.2) is 4.98 Å². The molecule has 0 aliphatic rings. The van der Waals surface area contributed by atoms with Gasteiger partial charge in [-0.05, 0) is 65.9 Å². The molecule has 0 atom stereocenters. The lowest BCUT2D eigenvalue weighted by Gasteiger charge is -2.15. The summed E-state index contributed by atoms with van der Waals surface area (Å²) >= 11 is 6.00. The van der Waals surface area contributed by atoms with E-state index in [-0.39, 0.29) is 0 Å². The Morgan fingerprint density at radius 2 is 1.77 bits per heavy atom. The Bertz CT molecular complexity index is 1210. The maximum atomic E-state index is 6.25. The van der Waals surface area contributed by atoms with E-state index in [2.05, 4.69) is 61.8 Å². The van der Waals surface area contributed by atoms with Crippen molar-refractivity contribution >= 4 is 34.8 Å². The Hall–Kier alpha value is -3.04. The second-order valence-corrected chi connectivity index (χ2v) is 8.48. The van der Waals surface area contributed by atoms with Gasteiger partial charge in [-0.1, -0.05) is 67.9 Å². The van der Waals surface area contributed by atoms with E-state index in [0.29, 0.717) is 19.1 Å². The maximum absolute atomic E-state index is 6.25. The normalized spacial score (nSPS) is 11.6. The third kappa shape index (κ3) is 5.00. The highest BCUT2D eigenvalue weighted by molar-refractivity contribution is 6.30. The van der Waals surface area contributed by atoms with Crippen LogP contribution in [0.3, 0.4) is 0 Å². The van der Waals surface area contributed by atoms with Crippen LogP contribution in [-0.4, -0.2) is 16.2 Å². The SMILES string of the molecule is Cc1ccc(C(C)C)c(OCCn2c(/C=C/c3ccc(Cl)cc3)nc3ccccc32)c1. The van der Waals surface area contributed by atoms with Gasteiger partial charge in [0.2, 0.25) is 0 Å². The van der Waals surface area contributed by atoms with E-state index in [1.165, 1.54) is 11.1 Å². The van der Waals surface area contributed by atoms with E-state index in [9.17, 15) is 0 Å². The lowest BCUT2D eigenvalue weighted by Crippen LogP contribution is -2.11. The van der Waals surface area contributed by atoms with Crippen LogP contribution in [0.25, 0.3) is 23.2 Å². The molecule has 1 heterocycles. The minimum absolute atomic E-state index is 0.419. The zero-order chi connectivity index (χ0) is 21.8. The highest BCUT2D eigenvalue weighted by Gasteiger charge is 2.11. The number of hydrogen-bond donors (Lipinski definition) is 0. The van der Waals surface area contributed by atoms with Gasteiger partial charge in [0, 0.05) is 5.02 Å². The van der Waals surface area contributed by atoms with Crippen LogP contribution in [0.5, 0.6) is 5.75 Å². The van der Waals surface area contributed by atoms with Gasteiger partial charge in [-0.2, -0.15) is 0 Å². The molecule has 31 heavy (non-hydrogen) atoms. The van der Waals surface area contributed by atoms with Gasteiger partial charge in [0.05, 0.1) is 17.6 Å². The van der Waals surface area contributed by atoms with E-state index >= 15 is 0 Å². The summed E-state index contributed by atoms with van der Waals surface area (Å²) in [6.45, 7) is 7.78. The van der Waals surface area contributed by atoms with Crippen LogP contribution in [0.1, 0.15) is 42.3 Å². The molecule has 0 radical (unpaired) electrons. The number of imidazole rings is 1. The topological polar surface area (TPSA) is 27.1 Å². The largest absolute Gasteiger partial charge is 0.491 e. The molecule has 0 spiro atoms. The van der Waals surface area contributed by atoms with Crippen LogP contribution in [0.4, 0.5) is 0 Å². The Morgan fingerprint density at radius 3 is 2.55 bits per heavy atom. The number of nitrogens with zero attached hydrogens (tertiary/aromatic N) is 2. The average molecular weight is 431 g/mol. The van der Waals surface area contributed by atoms with Crippen LogP contribution in [0.15, 0.2) is 66.7 Å². The maximum Gasteiger partial charge on any atom is 0.133 e. The molecule has 0 aliphatic heterocycles. The first kappa shape index (κ1) is 21.2. The number of ether oxygens (including phenoxy) is 1. The summed E-state index contributed by atoms with van der Waals surface area (Å²) in [5.74, 6) is 2.30. The molecule has 1 aromatic heterocycles. The van der Waals surface area contributed by atoms with Crippen LogP contribution >= 0.6 is 11.6 Å². The molecule has 0 bridgehead atoms. The van der Waals surface area contributed by atoms with Crippen molar-refractivity contribution in [1.82, 2.24) is 9.55 Å². The summed E-state index contributed by atoms with van der Waals surface area (Å²) in [6, 6.07) is 22.4. The van der Waals surface area contributed by atoms with Crippen LogP contribution < -0.4 is 4.74 Å². The highest BCUT2D eigenvalue weighted by atomic mass is 35.5. The van der Waals surface area contributed by atoms with Crippen molar-refractivity contribution in [2.45, 2.75) is 33.2 Å². The predicted octanol–water partition coefficient (Wildman–Crippen LogP) is 7.37. The molecule has 0 saturated heterocycles. The molecule has 0 N–H and O–H groups in total. The van der Waals surface area contributed by atoms with E-state index in [0.717, 1.165) is 33.2 Å². The summed E-state index contributed by atoms with van der Waals surface area (Å²) in [4.78, 5) is 4.83. The number of benzene rings is 3. The monoisotopic (exact) mass is 430 g/mol. The number of hydrogen-bond acceptors (Lipinski definition) is 2. The first-order valence-electron chi connectivity index (χ1n) is 10.6. The zero-order valence-electron chi connectivity index (χ0n) is 18.2. The molecule has 158 valence electrons. The first-order chi connectivity index (χ1) is 15.0. The summed E-state index contributed by atoms with van der Waals surface area (Å²) < 4.78 is 8.46. The van der Waals surface area contributed by atoms with Crippen molar-refractivity contribution < 1.29 is 4.74 Å². The fourth-order valence-electron chi connectivity index (χ4n) is 3.69. The van der Waals surface area contributed by atoms with Gasteiger partial charge in [-0.3, -0.25) is 0 Å². The third-order valence-electron chi connectivity index (χ3n) is 5.34. The van der Waals surface area contributed by atoms with Crippen molar-refractivity contribution in [2.24, 2.45) is 0 Å². The van der Waals surface area contributed by atoms with E-state index in [4.69, 9.17) is 21.3 Å². The Labute approximate surface area is 189 Å². The summed E-state index contributed by atoms with van der Waals surface area (Å²) in [7, 11) is 0. The molecule has 4 aromatic rings. The van der Waals surface area contributed by atoms with Gasteiger partial charge in [0.1, 0.15) is 18.2 Å². The molecule has 4 heteroatoms. The van der Waals surface area contributed by atoms with E-state index < -0.39 is 0 Å². The van der Waals surface area contributed by atoms with Crippen molar-refractivity contribution in [3.8, 4) is 5.75 Å². The third-order valence-corrected chi connectivity index (χ3v) is 5.59. The van der Waals surface area contributed by atoms with E-state index in [1.54, 1.807) is 0 Å². The molecule has 0 amide bonds. The lowest BCUT2D eigenvalue weighted by molar-refractivity contribution is 0.295. The van der Waals surface area contributed by atoms with Crippen LogP contribution in [0.2, 0.25) is 5.02 Å². The number of rotatable bonds is 7. The average Bonchev–Trinajstić information content (AvgIpc) is 3.11. The highest BCUT2D eigenvalue weighted by Crippen LogP contribution is 2.28. The van der Waals surface area contributed by atoms with Crippen molar-refractivity contribution in [2.75, 3.05) is 6.61 Å². The Kier molecular flexibility index (Phi) is 6.43. The van der Waals surface area contributed by atoms with Gasteiger partial charge in [0.25, 0.3) is 0 Å². The number of aryl methyl sites for hydroxylation is 1.